The zero-order valence-corrected chi connectivity index (χ0v) is 15.5. The van der Waals surface area contributed by atoms with E-state index in [-0.39, 0.29) is 33.3 Å². The van der Waals surface area contributed by atoms with Gasteiger partial charge in [-0.2, -0.15) is 13.2 Å². The van der Waals surface area contributed by atoms with Crippen molar-refractivity contribution in [1.82, 2.24) is 0 Å². The molecule has 0 spiro atoms. The average molecular weight is 421 g/mol. The maximum Gasteiger partial charge on any atom is 0.399 e. The van der Waals surface area contributed by atoms with Crippen LogP contribution in [0.3, 0.4) is 0 Å². The second kappa shape index (κ2) is 8.76. The van der Waals surface area contributed by atoms with Gasteiger partial charge in [0.1, 0.15) is 5.82 Å². The van der Waals surface area contributed by atoms with E-state index in [0.29, 0.717) is 0 Å². The molecule has 0 radical (unpaired) electrons. The zero-order chi connectivity index (χ0) is 20.2. The van der Waals surface area contributed by atoms with Crippen LogP contribution >= 0.6 is 23.2 Å². The SMILES string of the molecule is CCOC(=O)c1ccc(C=CC(c2cc(Cl)cc(Cl)c2)C(F)(F)F)cc1F. The zero-order valence-electron chi connectivity index (χ0n) is 14.0. The van der Waals surface area contributed by atoms with Gasteiger partial charge in [-0.1, -0.05) is 41.4 Å². The second-order valence-electron chi connectivity index (χ2n) is 5.54. The summed E-state index contributed by atoms with van der Waals surface area (Å²) >= 11 is 11.6. The molecule has 1 atom stereocenters. The smallest absolute Gasteiger partial charge is 0.399 e. The number of ether oxygens (including phenoxy) is 1. The largest absolute Gasteiger partial charge is 0.462 e. The fourth-order valence-corrected chi connectivity index (χ4v) is 2.92. The summed E-state index contributed by atoms with van der Waals surface area (Å²) in [7, 11) is 0. The first-order chi connectivity index (χ1) is 12.6. The van der Waals surface area contributed by atoms with Crippen molar-refractivity contribution in [1.29, 1.82) is 0 Å². The topological polar surface area (TPSA) is 26.3 Å². The number of allylic oxidation sites excluding steroid dienone is 1. The Labute approximate surface area is 163 Å². The molecule has 2 aromatic rings. The Bertz CT molecular complexity index is 843. The Morgan fingerprint density at radius 2 is 1.78 bits per heavy atom. The number of hydrogen-bond acceptors (Lipinski definition) is 2. The summed E-state index contributed by atoms with van der Waals surface area (Å²) in [5.74, 6) is -3.71. The van der Waals surface area contributed by atoms with Gasteiger partial charge in [-0.15, -0.1) is 0 Å². The normalized spacial score (nSPS) is 13.0. The molecule has 8 heteroatoms. The quantitative estimate of drug-likeness (QED) is 0.398. The fourth-order valence-electron chi connectivity index (χ4n) is 2.38. The van der Waals surface area contributed by atoms with Crippen LogP contribution in [-0.4, -0.2) is 18.8 Å². The third-order valence-corrected chi connectivity index (χ3v) is 4.00. The summed E-state index contributed by atoms with van der Waals surface area (Å²) in [6.07, 6.45) is -2.61. The van der Waals surface area contributed by atoms with E-state index >= 15 is 0 Å². The molecule has 0 aliphatic carbocycles. The van der Waals surface area contributed by atoms with Crippen molar-refractivity contribution in [2.75, 3.05) is 6.61 Å². The van der Waals surface area contributed by atoms with Gasteiger partial charge in [-0.25, -0.2) is 9.18 Å². The first-order valence-electron chi connectivity index (χ1n) is 7.79. The molecule has 2 rings (SSSR count). The highest BCUT2D eigenvalue weighted by molar-refractivity contribution is 6.34. The van der Waals surface area contributed by atoms with Crippen LogP contribution in [0.25, 0.3) is 6.08 Å². The lowest BCUT2D eigenvalue weighted by molar-refractivity contribution is -0.139. The molecule has 0 amide bonds. The molecule has 27 heavy (non-hydrogen) atoms. The number of alkyl halides is 3. The molecule has 0 aliphatic rings. The van der Waals surface area contributed by atoms with Crippen LogP contribution in [0, 0.1) is 5.82 Å². The number of hydrogen-bond donors (Lipinski definition) is 0. The maximum absolute atomic E-state index is 14.0. The summed E-state index contributed by atoms with van der Waals surface area (Å²) in [5, 5.41) is 0.148. The summed E-state index contributed by atoms with van der Waals surface area (Å²) in [6, 6.07) is 7.10. The Hall–Kier alpha value is -2.05. The van der Waals surface area contributed by atoms with Crippen LogP contribution < -0.4 is 0 Å². The monoisotopic (exact) mass is 420 g/mol. The molecular formula is C19H14Cl2F4O2. The molecule has 0 fully saturated rings. The second-order valence-corrected chi connectivity index (χ2v) is 6.41. The number of benzene rings is 2. The molecule has 144 valence electrons. The van der Waals surface area contributed by atoms with Crippen LogP contribution in [0.4, 0.5) is 17.6 Å². The summed E-state index contributed by atoms with van der Waals surface area (Å²) < 4.78 is 59.0. The number of carbonyl (C=O) groups is 1. The number of halogens is 6. The Kier molecular flexibility index (Phi) is 6.89. The van der Waals surface area contributed by atoms with Crippen LogP contribution in [0.1, 0.15) is 34.3 Å². The lowest BCUT2D eigenvalue weighted by Gasteiger charge is -2.18. The molecule has 0 N–H and O–H groups in total. The molecule has 0 saturated carbocycles. The van der Waals surface area contributed by atoms with Gasteiger partial charge in [0, 0.05) is 10.0 Å². The van der Waals surface area contributed by atoms with E-state index in [2.05, 4.69) is 0 Å². The van der Waals surface area contributed by atoms with E-state index in [9.17, 15) is 22.4 Å². The van der Waals surface area contributed by atoms with Gasteiger partial charge in [0.15, 0.2) is 0 Å². The van der Waals surface area contributed by atoms with E-state index in [0.717, 1.165) is 24.3 Å². The maximum atomic E-state index is 14.0. The number of carbonyl (C=O) groups excluding carboxylic acids is 1. The highest BCUT2D eigenvalue weighted by atomic mass is 35.5. The number of rotatable bonds is 5. The van der Waals surface area contributed by atoms with Crippen LogP contribution in [0.2, 0.25) is 10.0 Å². The summed E-state index contributed by atoms with van der Waals surface area (Å²) in [5.41, 5.74) is -0.272. The van der Waals surface area contributed by atoms with Gasteiger partial charge in [0.05, 0.1) is 18.1 Å². The first-order valence-corrected chi connectivity index (χ1v) is 8.55. The lowest BCUT2D eigenvalue weighted by Crippen LogP contribution is -2.18. The van der Waals surface area contributed by atoms with Crippen molar-refractivity contribution in [2.45, 2.75) is 19.0 Å². The lowest BCUT2D eigenvalue weighted by atomic mass is 9.97. The Balaban J connectivity index is 2.34. The minimum Gasteiger partial charge on any atom is -0.462 e. The fraction of sp³-hybridized carbons (Fsp3) is 0.211. The summed E-state index contributed by atoms with van der Waals surface area (Å²) in [4.78, 5) is 11.6. The molecular weight excluding hydrogens is 407 g/mol. The predicted molar refractivity (Wildman–Crippen MR) is 96.6 cm³/mol. The Morgan fingerprint density at radius 1 is 1.15 bits per heavy atom. The van der Waals surface area contributed by atoms with E-state index in [1.807, 2.05) is 0 Å². The third-order valence-electron chi connectivity index (χ3n) is 3.57. The molecule has 2 aromatic carbocycles. The Morgan fingerprint density at radius 3 is 2.30 bits per heavy atom. The van der Waals surface area contributed by atoms with Crippen molar-refractivity contribution in [3.05, 3.63) is 75.0 Å². The van der Waals surface area contributed by atoms with Crippen molar-refractivity contribution < 1.29 is 27.1 Å². The van der Waals surface area contributed by atoms with Gasteiger partial charge < -0.3 is 4.74 Å². The standard InChI is InChI=1S/C19H14Cl2F4O2/c1-2-27-18(26)15-5-3-11(7-17(15)22)4-6-16(19(23,24)25)12-8-13(20)10-14(21)9-12/h3-10,16H,2H2,1H3. The van der Waals surface area contributed by atoms with E-state index in [1.54, 1.807) is 6.92 Å². The van der Waals surface area contributed by atoms with Crippen molar-refractivity contribution in [3.8, 4) is 0 Å². The van der Waals surface area contributed by atoms with Crippen molar-refractivity contribution in [2.24, 2.45) is 0 Å². The third kappa shape index (κ3) is 5.71. The van der Waals surface area contributed by atoms with Crippen LogP contribution in [0.15, 0.2) is 42.5 Å². The number of esters is 1. The highest BCUT2D eigenvalue weighted by Gasteiger charge is 2.39. The van der Waals surface area contributed by atoms with Crippen LogP contribution in [-0.2, 0) is 4.74 Å². The minimum absolute atomic E-state index is 0.0741. The van der Waals surface area contributed by atoms with Gasteiger partial charge in [0.25, 0.3) is 0 Å². The molecule has 1 unspecified atom stereocenters. The van der Waals surface area contributed by atoms with Crippen molar-refractivity contribution in [3.63, 3.8) is 0 Å². The van der Waals surface area contributed by atoms with E-state index < -0.39 is 23.9 Å². The molecule has 0 saturated heterocycles. The highest BCUT2D eigenvalue weighted by Crippen LogP contribution is 2.38. The van der Waals surface area contributed by atoms with Gasteiger partial charge >= 0.3 is 12.1 Å². The predicted octanol–water partition coefficient (Wildman–Crippen LogP) is 6.67. The molecule has 2 nitrogen and oxygen atoms in total. The summed E-state index contributed by atoms with van der Waals surface area (Å²) in [6.45, 7) is 1.65. The molecule has 0 heterocycles. The molecule has 0 aliphatic heterocycles. The minimum atomic E-state index is -4.60. The first kappa shape index (κ1) is 21.3. The van der Waals surface area contributed by atoms with Gasteiger partial charge in [-0.05, 0) is 48.4 Å². The van der Waals surface area contributed by atoms with Gasteiger partial charge in [0.2, 0.25) is 0 Å². The van der Waals surface area contributed by atoms with E-state index in [4.69, 9.17) is 27.9 Å². The van der Waals surface area contributed by atoms with Crippen molar-refractivity contribution >= 4 is 35.2 Å². The van der Waals surface area contributed by atoms with E-state index in [1.165, 1.54) is 24.3 Å². The van der Waals surface area contributed by atoms with Crippen LogP contribution in [0.5, 0.6) is 0 Å². The molecule has 0 aromatic heterocycles. The molecule has 0 bridgehead atoms. The average Bonchev–Trinajstić information content (AvgIpc) is 2.53. The van der Waals surface area contributed by atoms with Gasteiger partial charge in [-0.3, -0.25) is 0 Å².